The van der Waals surface area contributed by atoms with Gasteiger partial charge in [0, 0.05) is 22.7 Å². The first-order valence-electron chi connectivity index (χ1n) is 8.83. The van der Waals surface area contributed by atoms with E-state index in [9.17, 15) is 0 Å². The Balaban J connectivity index is 1.43. The average Bonchev–Trinajstić information content (AvgIpc) is 2.94. The van der Waals surface area contributed by atoms with Crippen molar-refractivity contribution in [3.63, 3.8) is 0 Å². The van der Waals surface area contributed by atoms with Gasteiger partial charge in [0.25, 0.3) is 0 Å². The highest BCUT2D eigenvalue weighted by molar-refractivity contribution is 7.99. The van der Waals surface area contributed by atoms with Crippen LogP contribution in [0.15, 0.2) is 51.6 Å². The van der Waals surface area contributed by atoms with Crippen molar-refractivity contribution in [1.82, 2.24) is 9.91 Å². The minimum atomic E-state index is 0.142. The summed E-state index contributed by atoms with van der Waals surface area (Å²) in [5, 5.41) is 3.03. The summed E-state index contributed by atoms with van der Waals surface area (Å²) >= 11 is 13.9. The Morgan fingerprint density at radius 1 is 1.23 bits per heavy atom. The number of hydrazine groups is 1. The minimum absolute atomic E-state index is 0.142. The van der Waals surface area contributed by atoms with Crippen molar-refractivity contribution in [1.29, 1.82) is 0 Å². The number of hydrogen-bond acceptors (Lipinski definition) is 5. The van der Waals surface area contributed by atoms with Crippen LogP contribution in [0.2, 0.25) is 10.0 Å². The Bertz CT molecular complexity index is 760. The van der Waals surface area contributed by atoms with Crippen molar-refractivity contribution in [3.05, 3.63) is 51.8 Å². The Labute approximate surface area is 169 Å². The zero-order valence-electron chi connectivity index (χ0n) is 15.1. The molecule has 7 heteroatoms. The van der Waals surface area contributed by atoms with Gasteiger partial charge in [0.15, 0.2) is 5.84 Å². The highest BCUT2D eigenvalue weighted by Crippen LogP contribution is 2.31. The lowest BCUT2D eigenvalue weighted by atomic mass is 10.1. The lowest BCUT2D eigenvalue weighted by molar-refractivity contribution is 0.296. The number of halogens is 2. The average molecular weight is 411 g/mol. The number of rotatable bonds is 7. The first-order chi connectivity index (χ1) is 12.5. The molecule has 0 radical (unpaired) electrons. The zero-order valence-corrected chi connectivity index (χ0v) is 17.4. The van der Waals surface area contributed by atoms with E-state index in [1.807, 2.05) is 24.4 Å². The molecule has 0 aliphatic carbocycles. The van der Waals surface area contributed by atoms with Crippen molar-refractivity contribution < 1.29 is 0 Å². The Hall–Kier alpha value is -1.14. The number of thioether (sulfide) groups is 1. The van der Waals surface area contributed by atoms with Crippen molar-refractivity contribution in [2.75, 3.05) is 12.3 Å². The first kappa shape index (κ1) is 19.6. The molecule has 0 saturated heterocycles. The van der Waals surface area contributed by atoms with Gasteiger partial charge in [-0.1, -0.05) is 29.6 Å². The van der Waals surface area contributed by atoms with Crippen LogP contribution in [-0.4, -0.2) is 34.2 Å². The molecule has 2 heterocycles. The summed E-state index contributed by atoms with van der Waals surface area (Å²) < 4.78 is 0. The predicted octanol–water partition coefficient (Wildman–Crippen LogP) is 5.29. The van der Waals surface area contributed by atoms with E-state index in [4.69, 9.17) is 34.0 Å². The van der Waals surface area contributed by atoms with Gasteiger partial charge in [0.05, 0.1) is 10.7 Å². The number of allylic oxidation sites excluding steroid dienone is 2. The molecule has 0 fully saturated rings. The summed E-state index contributed by atoms with van der Waals surface area (Å²) in [6.07, 6.45) is 7.51. The molecule has 1 aromatic rings. The molecular weight excluding hydrogens is 387 g/mol. The molecule has 1 atom stereocenters. The van der Waals surface area contributed by atoms with Crippen molar-refractivity contribution in [3.8, 4) is 0 Å². The van der Waals surface area contributed by atoms with Gasteiger partial charge in [-0.2, -0.15) is 0 Å². The van der Waals surface area contributed by atoms with Gasteiger partial charge >= 0.3 is 0 Å². The summed E-state index contributed by atoms with van der Waals surface area (Å²) in [6, 6.07) is 5.68. The minimum Gasteiger partial charge on any atom is -0.347 e. The van der Waals surface area contributed by atoms with Gasteiger partial charge in [-0.25, -0.2) is 10.8 Å². The molecule has 1 unspecified atom stereocenters. The molecule has 0 spiro atoms. The van der Waals surface area contributed by atoms with E-state index in [-0.39, 0.29) is 6.17 Å². The lowest BCUT2D eigenvalue weighted by Crippen LogP contribution is -2.38. The van der Waals surface area contributed by atoms with E-state index in [1.54, 1.807) is 22.8 Å². The first-order valence-corrected chi connectivity index (χ1v) is 10.6. The monoisotopic (exact) mass is 410 g/mol. The van der Waals surface area contributed by atoms with E-state index in [0.29, 0.717) is 5.02 Å². The van der Waals surface area contributed by atoms with Gasteiger partial charge in [-0.05, 0) is 62.3 Å². The smallest absolute Gasteiger partial charge is 0.168 e. The third kappa shape index (κ3) is 4.39. The van der Waals surface area contributed by atoms with Crippen LogP contribution in [0.25, 0.3) is 0 Å². The maximum absolute atomic E-state index is 6.21. The van der Waals surface area contributed by atoms with E-state index in [0.717, 1.165) is 40.9 Å². The van der Waals surface area contributed by atoms with Crippen molar-refractivity contribution in [2.45, 2.75) is 44.2 Å². The molecule has 2 aliphatic heterocycles. The largest absolute Gasteiger partial charge is 0.347 e. The summed E-state index contributed by atoms with van der Waals surface area (Å²) in [5.74, 6) is 7.95. The fourth-order valence-electron chi connectivity index (χ4n) is 3.19. The maximum atomic E-state index is 6.21. The summed E-state index contributed by atoms with van der Waals surface area (Å²) in [7, 11) is 0. The van der Waals surface area contributed by atoms with Crippen LogP contribution >= 0.6 is 35.0 Å². The SMILES string of the molecule is CC1=C2C(=NC(C)N2CCCCCSc2ccc(Cl)cc2Cl)N(N)C=C1. The van der Waals surface area contributed by atoms with Crippen molar-refractivity contribution in [2.24, 2.45) is 10.8 Å². The zero-order chi connectivity index (χ0) is 18.7. The van der Waals surface area contributed by atoms with Crippen LogP contribution < -0.4 is 5.84 Å². The Morgan fingerprint density at radius 2 is 2.04 bits per heavy atom. The molecule has 26 heavy (non-hydrogen) atoms. The molecular formula is C19H24Cl2N4S. The lowest BCUT2D eigenvalue weighted by Gasteiger charge is -2.28. The molecule has 1 aromatic carbocycles. The highest BCUT2D eigenvalue weighted by atomic mass is 35.5. The number of unbranched alkanes of at least 4 members (excludes halogenated alkanes) is 2. The summed E-state index contributed by atoms with van der Waals surface area (Å²) in [5.41, 5.74) is 2.40. The normalized spacial score (nSPS) is 19.3. The fraction of sp³-hybridized carbons (Fsp3) is 0.421. The number of nitrogens with two attached hydrogens (primary N) is 1. The van der Waals surface area contributed by atoms with Crippen LogP contribution in [0.5, 0.6) is 0 Å². The van der Waals surface area contributed by atoms with Crippen LogP contribution in [-0.2, 0) is 0 Å². The van der Waals surface area contributed by atoms with Gasteiger partial charge in [0.2, 0.25) is 0 Å². The second kappa shape index (κ2) is 8.70. The fourth-order valence-corrected chi connectivity index (χ4v) is 4.69. The van der Waals surface area contributed by atoms with Crippen LogP contribution in [0.4, 0.5) is 0 Å². The van der Waals surface area contributed by atoms with Gasteiger partial charge < -0.3 is 4.90 Å². The van der Waals surface area contributed by atoms with Gasteiger partial charge in [-0.15, -0.1) is 11.8 Å². The predicted molar refractivity (Wildman–Crippen MR) is 113 cm³/mol. The topological polar surface area (TPSA) is 44.9 Å². The number of aliphatic imine (C=N–C) groups is 1. The molecule has 2 aliphatic rings. The molecule has 0 aromatic heterocycles. The van der Waals surface area contributed by atoms with E-state index in [2.05, 4.69) is 18.7 Å². The number of hydrogen-bond donors (Lipinski definition) is 1. The highest BCUT2D eigenvalue weighted by Gasteiger charge is 2.32. The molecule has 0 amide bonds. The number of benzene rings is 1. The Kier molecular flexibility index (Phi) is 6.56. The van der Waals surface area contributed by atoms with Gasteiger partial charge in [0.1, 0.15) is 6.17 Å². The third-order valence-corrected chi connectivity index (χ3v) is 6.38. The molecule has 140 valence electrons. The van der Waals surface area contributed by atoms with Crippen molar-refractivity contribution >= 4 is 40.8 Å². The molecule has 4 nitrogen and oxygen atoms in total. The number of fused-ring (bicyclic) bond motifs is 1. The second-order valence-electron chi connectivity index (χ2n) is 6.52. The number of nitrogens with zero attached hydrogens (tertiary/aromatic N) is 3. The Morgan fingerprint density at radius 3 is 2.81 bits per heavy atom. The molecule has 3 rings (SSSR count). The van der Waals surface area contributed by atoms with E-state index in [1.165, 1.54) is 17.7 Å². The van der Waals surface area contributed by atoms with Crippen LogP contribution in [0.3, 0.4) is 0 Å². The summed E-state index contributed by atoms with van der Waals surface area (Å²) in [6.45, 7) is 5.23. The van der Waals surface area contributed by atoms with Gasteiger partial charge in [-0.3, -0.25) is 5.01 Å². The molecule has 0 bridgehead atoms. The van der Waals surface area contributed by atoms with Crippen LogP contribution in [0, 0.1) is 0 Å². The number of amidine groups is 1. The molecule has 2 N–H and O–H groups in total. The second-order valence-corrected chi connectivity index (χ2v) is 8.50. The van der Waals surface area contributed by atoms with E-state index < -0.39 is 0 Å². The summed E-state index contributed by atoms with van der Waals surface area (Å²) in [4.78, 5) is 8.16. The quantitative estimate of drug-likeness (QED) is 0.376. The third-order valence-electron chi connectivity index (χ3n) is 4.56. The maximum Gasteiger partial charge on any atom is 0.168 e. The van der Waals surface area contributed by atoms with E-state index >= 15 is 0 Å². The molecule has 0 saturated carbocycles. The standard InChI is InChI=1S/C19H24Cl2N4S/c1-13-8-10-25(22)19-18(13)24(14(2)23-19)9-4-3-5-11-26-17-7-6-15(20)12-16(17)21/h6-8,10,12,14H,3-5,9,11,22H2,1-2H3. The van der Waals surface area contributed by atoms with Crippen LogP contribution in [0.1, 0.15) is 33.1 Å².